The van der Waals surface area contributed by atoms with Crippen LogP contribution >= 0.6 is 0 Å². The van der Waals surface area contributed by atoms with Crippen LogP contribution in [0.25, 0.3) is 0 Å². The monoisotopic (exact) mass is 614 g/mol. The molecule has 0 fully saturated rings. The van der Waals surface area contributed by atoms with Crippen molar-refractivity contribution >= 4 is 5.78 Å². The summed E-state index contributed by atoms with van der Waals surface area (Å²) in [4.78, 5) is 14.1. The minimum absolute atomic E-state index is 0.0210. The number of phenolic OH excluding ortho intramolecular Hbond substituents is 1. The number of phenols is 1. The first kappa shape index (κ1) is 29.2. The maximum absolute atomic E-state index is 14.1. The first-order valence-corrected chi connectivity index (χ1v) is 14.7. The van der Waals surface area contributed by atoms with Crippen molar-refractivity contribution in [3.63, 3.8) is 0 Å². The van der Waals surface area contributed by atoms with Crippen LogP contribution in [0.15, 0.2) is 83.8 Å². The Morgan fingerprint density at radius 2 is 1.51 bits per heavy atom. The maximum Gasteiger partial charge on any atom is 0.283 e. The molecule has 3 heterocycles. The summed E-state index contributed by atoms with van der Waals surface area (Å²) in [6, 6.07) is 19.4. The summed E-state index contributed by atoms with van der Waals surface area (Å²) in [7, 11) is 7.26. The van der Waals surface area contributed by atoms with Gasteiger partial charge >= 0.3 is 0 Å². The number of hydrogen-bond acceptors (Lipinski definition) is 10. The van der Waals surface area contributed by atoms with Crippen LogP contribution in [0.1, 0.15) is 53.4 Å². The van der Waals surface area contributed by atoms with Gasteiger partial charge in [-0.1, -0.05) is 66.7 Å². The molecule has 45 heavy (non-hydrogen) atoms. The van der Waals surface area contributed by atoms with E-state index in [-0.39, 0.29) is 45.7 Å². The number of fused-ring (bicyclic) bond motifs is 4. The lowest BCUT2D eigenvalue weighted by Crippen LogP contribution is -2.63. The summed E-state index contributed by atoms with van der Waals surface area (Å²) in [5.74, 6) is -2.36. The highest BCUT2D eigenvalue weighted by atomic mass is 16.7. The van der Waals surface area contributed by atoms with E-state index in [2.05, 4.69) is 0 Å². The smallest absolute Gasteiger partial charge is 0.283 e. The van der Waals surface area contributed by atoms with E-state index in [1.165, 1.54) is 28.4 Å². The lowest BCUT2D eigenvalue weighted by molar-refractivity contribution is -0.281. The van der Waals surface area contributed by atoms with Crippen molar-refractivity contribution in [3.8, 4) is 23.0 Å². The van der Waals surface area contributed by atoms with Crippen molar-refractivity contribution in [3.05, 3.63) is 106 Å². The Morgan fingerprint density at radius 1 is 0.844 bits per heavy atom. The number of allylic oxidation sites excluding steroid dienone is 1. The zero-order valence-corrected chi connectivity index (χ0v) is 25.6. The molecule has 0 amide bonds. The van der Waals surface area contributed by atoms with Crippen LogP contribution in [0.4, 0.5) is 0 Å². The standard InChI is InChI=1S/C35H34O10/c1-38-24-18-23(20-14-10-7-11-15-20)43-30-25(24)29-26(28(37)31(30)39-2)34(42-5)33(41-4)32(40-3)27(36)21-16-17-22(44-35(21,34)45-29)19-12-8-6-9-13-19/h6-16,22-24,37H,17-18H2,1-5H3/t22-,23-,24+,34-,35-/m0/s1. The normalized spacial score (nSPS) is 28.1. The number of ether oxygens (including phenoxy) is 8. The molecule has 0 radical (unpaired) electrons. The molecule has 0 saturated carbocycles. The van der Waals surface area contributed by atoms with Gasteiger partial charge in [0.05, 0.1) is 50.2 Å². The second kappa shape index (κ2) is 10.8. The van der Waals surface area contributed by atoms with Gasteiger partial charge in [0.1, 0.15) is 11.9 Å². The number of ketones is 1. The van der Waals surface area contributed by atoms with Crippen molar-refractivity contribution < 1.29 is 47.8 Å². The van der Waals surface area contributed by atoms with E-state index >= 15 is 0 Å². The zero-order valence-electron chi connectivity index (χ0n) is 25.6. The van der Waals surface area contributed by atoms with E-state index in [1.807, 2.05) is 60.7 Å². The lowest BCUT2D eigenvalue weighted by atomic mass is 9.72. The number of rotatable bonds is 7. The SMILES string of the molecule is COC1=C(OC)[C@@]2(OC)c3c(O)c(OC)c4c(c3O[C@]23O[C@H](c2ccccc2)CC=C3C1=O)[C@H](OC)C[C@@H](c1ccccc1)O4. The van der Waals surface area contributed by atoms with Crippen LogP contribution in [0, 0.1) is 0 Å². The van der Waals surface area contributed by atoms with E-state index in [9.17, 15) is 9.90 Å². The van der Waals surface area contributed by atoms with Crippen LogP contribution in [-0.2, 0) is 34.1 Å². The Kier molecular flexibility index (Phi) is 7.03. The third-order valence-corrected chi connectivity index (χ3v) is 9.17. The second-order valence-corrected chi connectivity index (χ2v) is 11.2. The molecule has 4 aliphatic rings. The van der Waals surface area contributed by atoms with Crippen molar-refractivity contribution in [1.29, 1.82) is 0 Å². The van der Waals surface area contributed by atoms with Gasteiger partial charge in [0.25, 0.3) is 5.79 Å². The lowest BCUT2D eigenvalue weighted by Gasteiger charge is -2.49. The average Bonchev–Trinajstić information content (AvgIpc) is 3.38. The predicted molar refractivity (Wildman–Crippen MR) is 160 cm³/mol. The number of aromatic hydroxyl groups is 1. The van der Waals surface area contributed by atoms with E-state index in [1.54, 1.807) is 13.2 Å². The summed E-state index contributed by atoms with van der Waals surface area (Å²) in [6.45, 7) is 0. The van der Waals surface area contributed by atoms with Gasteiger partial charge in [-0.25, -0.2) is 0 Å². The number of benzene rings is 3. The van der Waals surface area contributed by atoms with Crippen LogP contribution in [0.3, 0.4) is 0 Å². The largest absolute Gasteiger partial charge is 0.504 e. The minimum atomic E-state index is -1.93. The fourth-order valence-corrected chi connectivity index (χ4v) is 7.22. The Bertz CT molecular complexity index is 1720. The van der Waals surface area contributed by atoms with E-state index in [0.29, 0.717) is 18.4 Å². The second-order valence-electron chi connectivity index (χ2n) is 11.2. The molecule has 234 valence electrons. The molecule has 0 aromatic heterocycles. The third-order valence-electron chi connectivity index (χ3n) is 9.17. The van der Waals surface area contributed by atoms with Crippen molar-refractivity contribution in [2.24, 2.45) is 0 Å². The van der Waals surface area contributed by atoms with Crippen molar-refractivity contribution in [1.82, 2.24) is 0 Å². The summed E-state index contributed by atoms with van der Waals surface area (Å²) >= 11 is 0. The van der Waals surface area contributed by atoms with Gasteiger partial charge in [0.2, 0.25) is 22.9 Å². The Morgan fingerprint density at radius 3 is 2.09 bits per heavy atom. The number of carbonyl (C=O) groups is 1. The van der Waals surface area contributed by atoms with Gasteiger partial charge in [0, 0.05) is 20.6 Å². The van der Waals surface area contributed by atoms with Gasteiger partial charge in [-0.15, -0.1) is 0 Å². The number of methoxy groups -OCH3 is 5. The van der Waals surface area contributed by atoms with Crippen LogP contribution in [0.2, 0.25) is 0 Å². The Balaban J connectivity index is 1.53. The molecule has 10 heteroatoms. The average molecular weight is 615 g/mol. The Labute approximate surface area is 260 Å². The first-order valence-electron chi connectivity index (χ1n) is 14.7. The fourth-order valence-electron chi connectivity index (χ4n) is 7.22. The molecular weight excluding hydrogens is 580 g/mol. The maximum atomic E-state index is 14.1. The van der Waals surface area contributed by atoms with E-state index in [0.717, 1.165) is 11.1 Å². The molecule has 3 aliphatic heterocycles. The van der Waals surface area contributed by atoms with Crippen LogP contribution in [0.5, 0.6) is 23.0 Å². The molecule has 5 atom stereocenters. The molecule has 0 unspecified atom stereocenters. The zero-order chi connectivity index (χ0) is 31.5. The van der Waals surface area contributed by atoms with Crippen molar-refractivity contribution in [2.45, 2.75) is 42.5 Å². The third kappa shape index (κ3) is 3.82. The predicted octanol–water partition coefficient (Wildman–Crippen LogP) is 5.72. The topological polar surface area (TPSA) is 111 Å². The molecule has 3 aromatic carbocycles. The molecule has 3 aromatic rings. The molecule has 0 bridgehead atoms. The highest BCUT2D eigenvalue weighted by Gasteiger charge is 2.76. The highest BCUT2D eigenvalue weighted by molar-refractivity contribution is 6.11. The van der Waals surface area contributed by atoms with E-state index < -0.39 is 35.5 Å². The minimum Gasteiger partial charge on any atom is -0.504 e. The summed E-state index contributed by atoms with van der Waals surface area (Å²) < 4.78 is 50.2. The quantitative estimate of drug-likeness (QED) is 0.355. The van der Waals surface area contributed by atoms with Gasteiger partial charge < -0.3 is 43.0 Å². The molecule has 1 aliphatic carbocycles. The molecule has 0 saturated heterocycles. The number of Topliss-reactive ketones (excluding diaryl/α,β-unsaturated/α-hetero) is 1. The molecule has 1 spiro atoms. The number of carbonyl (C=O) groups excluding carboxylic acids is 1. The molecule has 1 N–H and O–H groups in total. The van der Waals surface area contributed by atoms with Crippen LogP contribution in [-0.4, -0.2) is 52.2 Å². The van der Waals surface area contributed by atoms with Gasteiger partial charge in [-0.3, -0.25) is 4.79 Å². The van der Waals surface area contributed by atoms with Crippen LogP contribution < -0.4 is 14.2 Å². The van der Waals surface area contributed by atoms with Crippen molar-refractivity contribution in [2.75, 3.05) is 35.5 Å². The van der Waals surface area contributed by atoms with Gasteiger partial charge in [0.15, 0.2) is 17.3 Å². The fraction of sp³-hybridized carbons (Fsp3) is 0.343. The summed E-state index contributed by atoms with van der Waals surface area (Å²) in [5, 5.41) is 12.1. The van der Waals surface area contributed by atoms with E-state index in [4.69, 9.17) is 37.9 Å². The highest BCUT2D eigenvalue weighted by Crippen LogP contribution is 2.70. The summed E-state index contributed by atoms with van der Waals surface area (Å²) in [5.41, 5.74) is 0.735. The molecular formula is C35H34O10. The summed E-state index contributed by atoms with van der Waals surface area (Å²) in [6.07, 6.45) is 1.07. The molecule has 10 nitrogen and oxygen atoms in total. The Hall–Kier alpha value is -4.51. The molecule has 7 rings (SSSR count). The van der Waals surface area contributed by atoms with Gasteiger partial charge in [-0.2, -0.15) is 0 Å². The number of hydrogen-bond donors (Lipinski definition) is 1. The first-order chi connectivity index (χ1) is 21.9. The van der Waals surface area contributed by atoms with Gasteiger partial charge in [-0.05, 0) is 17.5 Å².